The van der Waals surface area contributed by atoms with Crippen LogP contribution in [0.5, 0.6) is 5.75 Å². The predicted molar refractivity (Wildman–Crippen MR) is 128 cm³/mol. The van der Waals surface area contributed by atoms with Gasteiger partial charge in [-0.3, -0.25) is 19.0 Å². The van der Waals surface area contributed by atoms with Gasteiger partial charge >= 0.3 is 0 Å². The number of aromatic nitrogens is 2. The average Bonchev–Trinajstić information content (AvgIpc) is 3.72. The second-order valence-corrected chi connectivity index (χ2v) is 8.86. The van der Waals surface area contributed by atoms with Gasteiger partial charge in [-0.1, -0.05) is 18.2 Å². The number of piperazine rings is 1. The number of amides is 2. The molecule has 1 saturated carbocycles. The maximum absolute atomic E-state index is 13.0. The molecule has 8 nitrogen and oxygen atoms in total. The number of fused-ring (bicyclic) bond motifs is 1. The second kappa shape index (κ2) is 9.29. The van der Waals surface area contributed by atoms with Gasteiger partial charge in [0.2, 0.25) is 5.91 Å². The first kappa shape index (κ1) is 22.1. The first-order chi connectivity index (χ1) is 16.5. The molecule has 2 aliphatic rings. The summed E-state index contributed by atoms with van der Waals surface area (Å²) in [6, 6.07) is 14.7. The van der Waals surface area contributed by atoms with Crippen molar-refractivity contribution in [3.8, 4) is 5.75 Å². The van der Waals surface area contributed by atoms with Crippen molar-refractivity contribution in [1.29, 1.82) is 0 Å². The van der Waals surface area contributed by atoms with Crippen LogP contribution in [0.25, 0.3) is 10.9 Å². The highest BCUT2D eigenvalue weighted by molar-refractivity contribution is 5.94. The van der Waals surface area contributed by atoms with Gasteiger partial charge in [0.1, 0.15) is 11.6 Å². The Bertz CT molecular complexity index is 1290. The number of methoxy groups -OCH3 is 1. The molecule has 2 heterocycles. The normalized spacial score (nSPS) is 16.0. The maximum atomic E-state index is 13.0. The number of carbonyl (C=O) groups excluding carboxylic acids is 2. The van der Waals surface area contributed by atoms with E-state index in [1.807, 2.05) is 24.3 Å². The molecule has 5 rings (SSSR count). The van der Waals surface area contributed by atoms with Gasteiger partial charge in [-0.2, -0.15) is 0 Å². The molecule has 3 aromatic rings. The summed E-state index contributed by atoms with van der Waals surface area (Å²) in [6.07, 6.45) is 2.67. The molecule has 1 aromatic heterocycles. The van der Waals surface area contributed by atoms with Crippen LogP contribution < -0.4 is 10.3 Å². The zero-order valence-corrected chi connectivity index (χ0v) is 19.3. The zero-order chi connectivity index (χ0) is 23.7. The molecule has 2 amide bonds. The molecule has 2 fully saturated rings. The van der Waals surface area contributed by atoms with Crippen molar-refractivity contribution in [2.75, 3.05) is 33.3 Å². The summed E-state index contributed by atoms with van der Waals surface area (Å²) in [5, 5.41) is 0.626. The van der Waals surface area contributed by atoms with Gasteiger partial charge < -0.3 is 14.5 Å². The van der Waals surface area contributed by atoms with E-state index in [2.05, 4.69) is 0 Å². The van der Waals surface area contributed by atoms with Crippen LogP contribution in [0.3, 0.4) is 0 Å². The van der Waals surface area contributed by atoms with Crippen LogP contribution in [-0.2, 0) is 11.2 Å². The minimum absolute atomic E-state index is 0.0137. The SMILES string of the molecule is COc1cccc(C(=O)N2CCN(C(=O)CCc3nc4ccccc4c(=O)n3C3CC3)CC2)c1. The number of hydrogen-bond acceptors (Lipinski definition) is 5. The minimum Gasteiger partial charge on any atom is -0.497 e. The number of ether oxygens (including phenoxy) is 1. The largest absolute Gasteiger partial charge is 0.497 e. The van der Waals surface area contributed by atoms with Crippen LogP contribution in [0.15, 0.2) is 53.3 Å². The lowest BCUT2D eigenvalue weighted by molar-refractivity contribution is -0.132. The third-order valence-corrected chi connectivity index (χ3v) is 6.59. The Labute approximate surface area is 197 Å². The summed E-state index contributed by atoms with van der Waals surface area (Å²) in [4.78, 5) is 47.1. The molecule has 0 bridgehead atoms. The van der Waals surface area contributed by atoms with E-state index in [0.717, 1.165) is 12.8 Å². The lowest BCUT2D eigenvalue weighted by atomic mass is 10.1. The van der Waals surface area contributed by atoms with Crippen molar-refractivity contribution in [3.63, 3.8) is 0 Å². The number of carbonyl (C=O) groups is 2. The van der Waals surface area contributed by atoms with Crippen molar-refractivity contribution in [2.24, 2.45) is 0 Å². The molecule has 2 aromatic carbocycles. The van der Waals surface area contributed by atoms with Gasteiger partial charge in [0.15, 0.2) is 0 Å². The molecular formula is C26H28N4O4. The van der Waals surface area contributed by atoms with Crippen molar-refractivity contribution < 1.29 is 14.3 Å². The van der Waals surface area contributed by atoms with Crippen molar-refractivity contribution in [2.45, 2.75) is 31.7 Å². The smallest absolute Gasteiger partial charge is 0.261 e. The van der Waals surface area contributed by atoms with Crippen molar-refractivity contribution >= 4 is 22.7 Å². The third kappa shape index (κ3) is 4.40. The first-order valence-corrected chi connectivity index (χ1v) is 11.8. The fourth-order valence-electron chi connectivity index (χ4n) is 4.55. The van der Waals surface area contributed by atoms with Gasteiger partial charge in [-0.25, -0.2) is 4.98 Å². The molecule has 8 heteroatoms. The molecule has 34 heavy (non-hydrogen) atoms. The molecule has 1 saturated heterocycles. The number of aryl methyl sites for hydroxylation is 1. The number of benzene rings is 2. The molecular weight excluding hydrogens is 432 g/mol. The van der Waals surface area contributed by atoms with Crippen molar-refractivity contribution in [1.82, 2.24) is 19.4 Å². The van der Waals surface area contributed by atoms with E-state index in [0.29, 0.717) is 67.1 Å². The highest BCUT2D eigenvalue weighted by Crippen LogP contribution is 2.35. The summed E-state index contributed by atoms with van der Waals surface area (Å²) < 4.78 is 7.00. The van der Waals surface area contributed by atoms with Crippen LogP contribution in [0.4, 0.5) is 0 Å². The minimum atomic E-state index is -0.0557. The van der Waals surface area contributed by atoms with Gasteiger partial charge in [-0.05, 0) is 43.2 Å². The van der Waals surface area contributed by atoms with Gasteiger partial charge in [-0.15, -0.1) is 0 Å². The standard InChI is InChI=1S/C26H28N4O4/c1-34-20-6-4-5-18(17-20)25(32)29-15-13-28(14-16-29)24(31)12-11-23-27-22-8-3-2-7-21(22)26(33)30(23)19-9-10-19/h2-8,17,19H,9-16H2,1H3. The first-order valence-electron chi connectivity index (χ1n) is 11.8. The molecule has 1 aliphatic carbocycles. The number of rotatable bonds is 6. The molecule has 0 spiro atoms. The summed E-state index contributed by atoms with van der Waals surface area (Å²) in [5.41, 5.74) is 1.25. The number of para-hydroxylation sites is 1. The Morgan fingerprint density at radius 3 is 2.47 bits per heavy atom. The Hall–Kier alpha value is -3.68. The van der Waals surface area contributed by atoms with Crippen LogP contribution in [0, 0.1) is 0 Å². The molecule has 176 valence electrons. The fraction of sp³-hybridized carbons (Fsp3) is 0.385. The predicted octanol–water partition coefficient (Wildman–Crippen LogP) is 2.66. The monoisotopic (exact) mass is 460 g/mol. The Morgan fingerprint density at radius 1 is 1.00 bits per heavy atom. The van der Waals surface area contributed by atoms with Crippen LogP contribution in [0.1, 0.15) is 41.5 Å². The fourth-order valence-corrected chi connectivity index (χ4v) is 4.55. The van der Waals surface area contributed by atoms with E-state index in [1.54, 1.807) is 45.7 Å². The highest BCUT2D eigenvalue weighted by Gasteiger charge is 2.29. The van der Waals surface area contributed by atoms with E-state index >= 15 is 0 Å². The molecule has 0 unspecified atom stereocenters. The lowest BCUT2D eigenvalue weighted by Gasteiger charge is -2.35. The third-order valence-electron chi connectivity index (χ3n) is 6.59. The lowest BCUT2D eigenvalue weighted by Crippen LogP contribution is -2.50. The summed E-state index contributed by atoms with van der Waals surface area (Å²) in [7, 11) is 1.57. The molecule has 0 atom stereocenters. The Morgan fingerprint density at radius 2 is 1.74 bits per heavy atom. The van der Waals surface area contributed by atoms with Gasteiger partial charge in [0.05, 0.1) is 18.0 Å². The van der Waals surface area contributed by atoms with Gasteiger partial charge in [0.25, 0.3) is 11.5 Å². The summed E-state index contributed by atoms with van der Waals surface area (Å²) >= 11 is 0. The Kier molecular flexibility index (Phi) is 6.04. The van der Waals surface area contributed by atoms with Crippen LogP contribution in [-0.4, -0.2) is 64.5 Å². The second-order valence-electron chi connectivity index (χ2n) is 8.86. The number of nitrogens with zero attached hydrogens (tertiary/aromatic N) is 4. The van der Waals surface area contributed by atoms with E-state index in [4.69, 9.17) is 9.72 Å². The maximum Gasteiger partial charge on any atom is 0.261 e. The van der Waals surface area contributed by atoms with Crippen LogP contribution in [0.2, 0.25) is 0 Å². The van der Waals surface area contributed by atoms with Gasteiger partial charge in [0, 0.05) is 50.6 Å². The highest BCUT2D eigenvalue weighted by atomic mass is 16.5. The Balaban J connectivity index is 1.22. The number of hydrogen-bond donors (Lipinski definition) is 0. The van der Waals surface area contributed by atoms with Crippen LogP contribution >= 0.6 is 0 Å². The van der Waals surface area contributed by atoms with E-state index in [9.17, 15) is 14.4 Å². The topological polar surface area (TPSA) is 84.7 Å². The summed E-state index contributed by atoms with van der Waals surface area (Å²) in [6.45, 7) is 1.97. The molecule has 0 N–H and O–H groups in total. The summed E-state index contributed by atoms with van der Waals surface area (Å²) in [5.74, 6) is 1.30. The quantitative estimate of drug-likeness (QED) is 0.565. The van der Waals surface area contributed by atoms with E-state index in [-0.39, 0.29) is 23.4 Å². The van der Waals surface area contributed by atoms with Crippen molar-refractivity contribution in [3.05, 3.63) is 70.3 Å². The van der Waals surface area contributed by atoms with E-state index in [1.165, 1.54) is 0 Å². The zero-order valence-electron chi connectivity index (χ0n) is 19.3. The molecule has 0 radical (unpaired) electrons. The average molecular weight is 461 g/mol. The van der Waals surface area contributed by atoms with E-state index < -0.39 is 0 Å². The molecule has 1 aliphatic heterocycles.